The van der Waals surface area contributed by atoms with Crippen LogP contribution in [0.4, 0.5) is 10.5 Å². The molecule has 2 atom stereocenters. The molecule has 1 aliphatic heterocycles. The van der Waals surface area contributed by atoms with Crippen molar-refractivity contribution in [2.45, 2.75) is 71.3 Å². The van der Waals surface area contributed by atoms with E-state index in [1.807, 2.05) is 68.0 Å². The van der Waals surface area contributed by atoms with E-state index in [1.54, 1.807) is 4.90 Å². The minimum atomic E-state index is -0.574. The molecule has 9 nitrogen and oxygen atoms in total. The van der Waals surface area contributed by atoms with Crippen LogP contribution in [0.15, 0.2) is 72.9 Å². The number of aryl methyl sites for hydroxylation is 2. The van der Waals surface area contributed by atoms with Gasteiger partial charge in [0.15, 0.2) is 0 Å². The molecular weight excluding hydrogens is 530 g/mol. The van der Waals surface area contributed by atoms with Crippen LogP contribution in [0, 0.1) is 0 Å². The van der Waals surface area contributed by atoms with Crippen molar-refractivity contribution in [2.75, 3.05) is 18.4 Å². The Morgan fingerprint density at radius 3 is 2.60 bits per heavy atom. The van der Waals surface area contributed by atoms with Gasteiger partial charge in [0.05, 0.1) is 31.1 Å². The zero-order valence-electron chi connectivity index (χ0n) is 24.7. The minimum Gasteiger partial charge on any atom is -0.444 e. The number of likely N-dealkylation sites (tertiary alicyclic amines) is 1. The lowest BCUT2D eigenvalue weighted by Crippen LogP contribution is -2.48. The molecule has 2 heterocycles. The van der Waals surface area contributed by atoms with Gasteiger partial charge in [-0.3, -0.25) is 4.79 Å². The van der Waals surface area contributed by atoms with Crippen LogP contribution in [-0.4, -0.2) is 56.7 Å². The van der Waals surface area contributed by atoms with E-state index in [-0.39, 0.29) is 24.0 Å². The highest BCUT2D eigenvalue weighted by Gasteiger charge is 2.37. The second-order valence-electron chi connectivity index (χ2n) is 11.9. The number of ether oxygens (including phenoxy) is 2. The molecule has 5 rings (SSSR count). The maximum atomic E-state index is 13.0. The normalized spacial score (nSPS) is 17.3. The lowest BCUT2D eigenvalue weighted by Gasteiger charge is -2.38. The second kappa shape index (κ2) is 12.7. The Balaban J connectivity index is 1.33. The molecular formula is C33H39N5O4. The molecule has 0 spiro atoms. The van der Waals surface area contributed by atoms with Crippen LogP contribution in [0.3, 0.4) is 0 Å². The van der Waals surface area contributed by atoms with E-state index in [4.69, 9.17) is 9.47 Å². The molecule has 2 amide bonds. The molecule has 3 aromatic carbocycles. The van der Waals surface area contributed by atoms with Gasteiger partial charge >= 0.3 is 6.09 Å². The first kappa shape index (κ1) is 29.3. The number of carbonyl (C=O) groups excluding carboxylic acids is 2. The number of anilines is 1. The number of fused-ring (bicyclic) bond motifs is 1. The molecule has 2 unspecified atom stereocenters. The van der Waals surface area contributed by atoms with Crippen molar-refractivity contribution in [3.05, 3.63) is 89.7 Å². The third kappa shape index (κ3) is 7.53. The Morgan fingerprint density at radius 1 is 1.00 bits per heavy atom. The summed E-state index contributed by atoms with van der Waals surface area (Å²) in [6, 6.07) is 22.5. The van der Waals surface area contributed by atoms with E-state index >= 15 is 0 Å². The van der Waals surface area contributed by atoms with Crippen LogP contribution in [0.1, 0.15) is 56.9 Å². The first-order valence-corrected chi connectivity index (χ1v) is 14.5. The zero-order valence-corrected chi connectivity index (χ0v) is 24.7. The van der Waals surface area contributed by atoms with E-state index in [0.29, 0.717) is 32.7 Å². The number of piperidine rings is 1. The summed E-state index contributed by atoms with van der Waals surface area (Å²) in [7, 11) is 0. The summed E-state index contributed by atoms with van der Waals surface area (Å²) in [5.74, 6) is -0.0944. The topological polar surface area (TPSA) is 98.6 Å². The zero-order chi connectivity index (χ0) is 29.7. The van der Waals surface area contributed by atoms with Gasteiger partial charge < -0.3 is 19.7 Å². The van der Waals surface area contributed by atoms with Gasteiger partial charge in [-0.1, -0.05) is 53.7 Å². The number of nitrogens with zero attached hydrogens (tertiary/aromatic N) is 4. The summed E-state index contributed by atoms with van der Waals surface area (Å²) in [4.78, 5) is 26.2. The van der Waals surface area contributed by atoms with Gasteiger partial charge in [0.2, 0.25) is 5.91 Å². The Kier molecular flexibility index (Phi) is 8.87. The fourth-order valence-corrected chi connectivity index (χ4v) is 5.42. The molecule has 1 aromatic heterocycles. The number of hydrogen-bond donors (Lipinski definition) is 1. The number of aromatic nitrogens is 3. The average molecular weight is 570 g/mol. The summed E-state index contributed by atoms with van der Waals surface area (Å²) < 4.78 is 14.2. The Bertz CT molecular complexity index is 1540. The smallest absolute Gasteiger partial charge is 0.410 e. The van der Waals surface area contributed by atoms with Gasteiger partial charge in [-0.05, 0) is 73.7 Å². The van der Waals surface area contributed by atoms with Gasteiger partial charge in [0.25, 0.3) is 0 Å². The van der Waals surface area contributed by atoms with Gasteiger partial charge in [0.1, 0.15) is 5.60 Å². The second-order valence-corrected chi connectivity index (χ2v) is 11.9. The number of benzene rings is 3. The monoisotopic (exact) mass is 569 g/mol. The summed E-state index contributed by atoms with van der Waals surface area (Å²) in [6.07, 6.45) is 2.65. The Hall–Kier alpha value is -4.24. The minimum absolute atomic E-state index is 0.00450. The van der Waals surface area contributed by atoms with E-state index < -0.39 is 5.60 Å². The van der Waals surface area contributed by atoms with Gasteiger partial charge in [0, 0.05) is 31.6 Å². The molecule has 0 aliphatic carbocycles. The Labute approximate surface area is 246 Å². The molecule has 42 heavy (non-hydrogen) atoms. The highest BCUT2D eigenvalue weighted by Crippen LogP contribution is 2.32. The van der Waals surface area contributed by atoms with Crippen molar-refractivity contribution in [3.8, 4) is 0 Å². The number of nitrogens with one attached hydrogen (secondary N) is 1. The first-order chi connectivity index (χ1) is 20.1. The predicted molar refractivity (Wildman–Crippen MR) is 162 cm³/mol. The number of amides is 2. The number of rotatable bonds is 8. The lowest BCUT2D eigenvalue weighted by molar-refractivity contribution is -0.114. The maximum absolute atomic E-state index is 13.0. The van der Waals surface area contributed by atoms with E-state index in [2.05, 4.69) is 46.0 Å². The molecule has 0 bridgehead atoms. The van der Waals surface area contributed by atoms with Crippen LogP contribution < -0.4 is 5.32 Å². The van der Waals surface area contributed by atoms with Crippen LogP contribution >= 0.6 is 0 Å². The SMILES string of the molecule is CC(=O)Nc1cccc(CCn2nncc2C2CCN(C(=O)OC(C)(C)C)CC2OCc2ccc3ccccc3c2)c1. The summed E-state index contributed by atoms with van der Waals surface area (Å²) in [5, 5.41) is 13.8. The molecule has 4 aromatic rings. The van der Waals surface area contributed by atoms with Crippen LogP contribution in [0.25, 0.3) is 10.8 Å². The largest absolute Gasteiger partial charge is 0.444 e. The van der Waals surface area contributed by atoms with Gasteiger partial charge in [-0.25, -0.2) is 9.48 Å². The van der Waals surface area contributed by atoms with Crippen LogP contribution in [0.2, 0.25) is 0 Å². The van der Waals surface area contributed by atoms with Gasteiger partial charge in [-0.15, -0.1) is 5.10 Å². The Morgan fingerprint density at radius 2 is 1.81 bits per heavy atom. The highest BCUT2D eigenvalue weighted by molar-refractivity contribution is 5.88. The van der Waals surface area contributed by atoms with E-state index in [1.165, 1.54) is 17.7 Å². The molecule has 0 radical (unpaired) electrons. The predicted octanol–water partition coefficient (Wildman–Crippen LogP) is 5.94. The number of carbonyl (C=O) groups is 2. The third-order valence-corrected chi connectivity index (χ3v) is 7.38. The third-order valence-electron chi connectivity index (χ3n) is 7.38. The van der Waals surface area contributed by atoms with Crippen molar-refractivity contribution < 1.29 is 19.1 Å². The van der Waals surface area contributed by atoms with E-state index in [0.717, 1.165) is 28.9 Å². The summed E-state index contributed by atoms with van der Waals surface area (Å²) in [5.41, 5.74) is 3.35. The first-order valence-electron chi connectivity index (χ1n) is 14.5. The van der Waals surface area contributed by atoms with Crippen molar-refractivity contribution >= 4 is 28.5 Å². The quantitative estimate of drug-likeness (QED) is 0.282. The number of hydrogen-bond acceptors (Lipinski definition) is 6. The van der Waals surface area contributed by atoms with Crippen LogP contribution in [-0.2, 0) is 33.8 Å². The summed E-state index contributed by atoms with van der Waals surface area (Å²) in [6.45, 7) is 9.15. The molecule has 0 saturated carbocycles. The van der Waals surface area contributed by atoms with E-state index in [9.17, 15) is 9.59 Å². The molecule has 1 aliphatic rings. The fraction of sp³-hybridized carbons (Fsp3) is 0.394. The molecule has 1 fully saturated rings. The van der Waals surface area contributed by atoms with Crippen molar-refractivity contribution in [1.82, 2.24) is 19.9 Å². The lowest BCUT2D eigenvalue weighted by atomic mass is 9.90. The van der Waals surface area contributed by atoms with Crippen molar-refractivity contribution in [1.29, 1.82) is 0 Å². The maximum Gasteiger partial charge on any atom is 0.410 e. The molecule has 220 valence electrons. The van der Waals surface area contributed by atoms with Crippen molar-refractivity contribution in [2.24, 2.45) is 0 Å². The van der Waals surface area contributed by atoms with Crippen LogP contribution in [0.5, 0.6) is 0 Å². The van der Waals surface area contributed by atoms with Crippen molar-refractivity contribution in [3.63, 3.8) is 0 Å². The molecule has 1 saturated heterocycles. The highest BCUT2D eigenvalue weighted by atomic mass is 16.6. The molecule has 1 N–H and O–H groups in total. The fourth-order valence-electron chi connectivity index (χ4n) is 5.42. The average Bonchev–Trinajstić information content (AvgIpc) is 3.42. The standard InChI is InChI=1S/C33H39N5O4/c1-23(39)35-28-11-7-8-24(19-28)14-17-38-30(20-34-36-38)29-15-16-37(32(40)42-33(2,3)4)21-31(29)41-22-25-12-13-26-9-5-6-10-27(26)18-25/h5-13,18-20,29,31H,14-17,21-22H2,1-4H3,(H,35,39). The summed E-state index contributed by atoms with van der Waals surface area (Å²) >= 11 is 0. The molecule has 9 heteroatoms. The van der Waals surface area contributed by atoms with Gasteiger partial charge in [-0.2, -0.15) is 0 Å².